The quantitative estimate of drug-likeness (QED) is 0.779. The summed E-state index contributed by atoms with van der Waals surface area (Å²) in [5.74, 6) is 0.352. The van der Waals surface area contributed by atoms with Crippen LogP contribution in [0.5, 0.6) is 5.88 Å². The van der Waals surface area contributed by atoms with Gasteiger partial charge in [-0.1, -0.05) is 0 Å². The number of hydrogen-bond donors (Lipinski definition) is 1. The lowest BCUT2D eigenvalue weighted by Crippen LogP contribution is -2.11. The molecule has 0 unspecified atom stereocenters. The van der Waals surface area contributed by atoms with Gasteiger partial charge in [0.25, 0.3) is 0 Å². The molecule has 13 heavy (non-hydrogen) atoms. The van der Waals surface area contributed by atoms with Crippen LogP contribution >= 0.6 is 12.4 Å². The molecular formula is C8H10ClN3O. The summed E-state index contributed by atoms with van der Waals surface area (Å²) in [6.07, 6.45) is 1.58. The Bertz CT molecular complexity index is 298. The van der Waals surface area contributed by atoms with Crippen LogP contribution in [0.4, 0.5) is 0 Å². The third kappa shape index (κ3) is 3.28. The Labute approximate surface area is 82.7 Å². The second kappa shape index (κ2) is 6.23. The van der Waals surface area contributed by atoms with Crippen molar-refractivity contribution in [2.24, 2.45) is 5.73 Å². The van der Waals surface area contributed by atoms with Crippen molar-refractivity contribution < 1.29 is 4.74 Å². The SMILES string of the molecule is Cl.N#Cc1cccnc1OCCN. The van der Waals surface area contributed by atoms with Gasteiger partial charge in [-0.05, 0) is 12.1 Å². The average molecular weight is 200 g/mol. The van der Waals surface area contributed by atoms with Crippen LogP contribution < -0.4 is 10.5 Å². The zero-order valence-corrected chi connectivity index (χ0v) is 7.75. The summed E-state index contributed by atoms with van der Waals surface area (Å²) in [5.41, 5.74) is 5.67. The minimum atomic E-state index is 0. The molecule has 1 aromatic rings. The van der Waals surface area contributed by atoms with Gasteiger partial charge in [0.05, 0.1) is 0 Å². The van der Waals surface area contributed by atoms with Crippen LogP contribution in [-0.4, -0.2) is 18.1 Å². The summed E-state index contributed by atoms with van der Waals surface area (Å²) in [6.45, 7) is 0.799. The molecule has 0 saturated heterocycles. The Hall–Kier alpha value is -1.31. The average Bonchev–Trinajstić information content (AvgIpc) is 2.15. The molecule has 0 spiro atoms. The van der Waals surface area contributed by atoms with Gasteiger partial charge < -0.3 is 10.5 Å². The van der Waals surface area contributed by atoms with Crippen LogP contribution in [0.3, 0.4) is 0 Å². The summed E-state index contributed by atoms with van der Waals surface area (Å²) in [7, 11) is 0. The minimum Gasteiger partial charge on any atom is -0.475 e. The first-order valence-electron chi connectivity index (χ1n) is 3.56. The summed E-state index contributed by atoms with van der Waals surface area (Å²) in [5, 5.41) is 8.62. The Morgan fingerprint density at radius 2 is 2.38 bits per heavy atom. The third-order valence-corrected chi connectivity index (χ3v) is 1.25. The fraction of sp³-hybridized carbons (Fsp3) is 0.250. The maximum Gasteiger partial charge on any atom is 0.231 e. The van der Waals surface area contributed by atoms with E-state index in [1.807, 2.05) is 6.07 Å². The fourth-order valence-corrected chi connectivity index (χ4v) is 0.747. The first-order chi connectivity index (χ1) is 5.88. The molecule has 4 nitrogen and oxygen atoms in total. The number of halogens is 1. The van der Waals surface area contributed by atoms with Crippen molar-refractivity contribution >= 4 is 12.4 Å². The highest BCUT2D eigenvalue weighted by molar-refractivity contribution is 5.85. The van der Waals surface area contributed by atoms with Gasteiger partial charge in [-0.2, -0.15) is 5.26 Å². The molecule has 1 rings (SSSR count). The van der Waals surface area contributed by atoms with Crippen LogP contribution in [-0.2, 0) is 0 Å². The van der Waals surface area contributed by atoms with Crippen LogP contribution in [0.1, 0.15) is 5.56 Å². The standard InChI is InChI=1S/C8H9N3O.ClH/c9-3-5-12-8-7(6-10)2-1-4-11-8;/h1-2,4H,3,5,9H2;1H. The molecule has 70 valence electrons. The smallest absolute Gasteiger partial charge is 0.231 e. The maximum atomic E-state index is 8.62. The molecule has 0 bridgehead atoms. The fourth-order valence-electron chi connectivity index (χ4n) is 0.747. The number of aromatic nitrogens is 1. The largest absolute Gasteiger partial charge is 0.475 e. The van der Waals surface area contributed by atoms with Crippen LogP contribution in [0.15, 0.2) is 18.3 Å². The van der Waals surface area contributed by atoms with Crippen molar-refractivity contribution in [2.45, 2.75) is 0 Å². The normalized spacial score (nSPS) is 8.31. The Balaban J connectivity index is 0.00000144. The van der Waals surface area contributed by atoms with Crippen molar-refractivity contribution in [1.29, 1.82) is 5.26 Å². The molecule has 0 aliphatic carbocycles. The molecule has 5 heteroatoms. The summed E-state index contributed by atoms with van der Waals surface area (Å²) < 4.78 is 5.12. The third-order valence-electron chi connectivity index (χ3n) is 1.25. The Morgan fingerprint density at radius 1 is 1.62 bits per heavy atom. The molecule has 0 fully saturated rings. The Morgan fingerprint density at radius 3 is 3.00 bits per heavy atom. The first kappa shape index (κ1) is 11.7. The van der Waals surface area contributed by atoms with E-state index in [0.29, 0.717) is 24.6 Å². The second-order valence-electron chi connectivity index (χ2n) is 2.11. The van der Waals surface area contributed by atoms with Crippen LogP contribution in [0, 0.1) is 11.3 Å². The molecule has 1 heterocycles. The summed E-state index contributed by atoms with van der Waals surface area (Å²) >= 11 is 0. The predicted molar refractivity (Wildman–Crippen MR) is 50.7 cm³/mol. The highest BCUT2D eigenvalue weighted by Gasteiger charge is 2.01. The van der Waals surface area contributed by atoms with Gasteiger partial charge in [-0.15, -0.1) is 12.4 Å². The molecular weight excluding hydrogens is 190 g/mol. The molecule has 0 atom stereocenters. The van der Waals surface area contributed by atoms with Crippen molar-refractivity contribution in [3.8, 4) is 11.9 Å². The van der Waals surface area contributed by atoms with Gasteiger partial charge in [0, 0.05) is 12.7 Å². The van der Waals surface area contributed by atoms with E-state index in [2.05, 4.69) is 4.98 Å². The number of nitrogens with zero attached hydrogens (tertiary/aromatic N) is 2. The van der Waals surface area contributed by atoms with Gasteiger partial charge in [-0.3, -0.25) is 0 Å². The first-order valence-corrected chi connectivity index (χ1v) is 3.56. The molecule has 2 N–H and O–H groups in total. The van der Waals surface area contributed by atoms with E-state index in [0.717, 1.165) is 0 Å². The zero-order valence-electron chi connectivity index (χ0n) is 6.93. The lowest BCUT2D eigenvalue weighted by atomic mass is 10.3. The molecule has 0 saturated carbocycles. The lowest BCUT2D eigenvalue weighted by molar-refractivity contribution is 0.314. The maximum absolute atomic E-state index is 8.62. The van der Waals surface area contributed by atoms with E-state index in [1.165, 1.54) is 0 Å². The van der Waals surface area contributed by atoms with Crippen LogP contribution in [0.25, 0.3) is 0 Å². The second-order valence-corrected chi connectivity index (χ2v) is 2.11. The predicted octanol–water partition coefficient (Wildman–Crippen LogP) is 0.713. The number of ether oxygens (including phenoxy) is 1. The van der Waals surface area contributed by atoms with E-state index in [1.54, 1.807) is 18.3 Å². The molecule has 0 amide bonds. The molecule has 0 aromatic carbocycles. The van der Waals surface area contributed by atoms with Gasteiger partial charge in [-0.25, -0.2) is 4.98 Å². The summed E-state index contributed by atoms with van der Waals surface area (Å²) in [6, 6.07) is 5.32. The summed E-state index contributed by atoms with van der Waals surface area (Å²) in [4.78, 5) is 3.89. The van der Waals surface area contributed by atoms with Crippen molar-refractivity contribution in [3.05, 3.63) is 23.9 Å². The highest BCUT2D eigenvalue weighted by Crippen LogP contribution is 2.11. The van der Waals surface area contributed by atoms with E-state index < -0.39 is 0 Å². The van der Waals surface area contributed by atoms with Gasteiger partial charge in [0.15, 0.2) is 0 Å². The lowest BCUT2D eigenvalue weighted by Gasteiger charge is -2.03. The highest BCUT2D eigenvalue weighted by atomic mass is 35.5. The van der Waals surface area contributed by atoms with Crippen molar-refractivity contribution in [1.82, 2.24) is 4.98 Å². The van der Waals surface area contributed by atoms with Gasteiger partial charge in [0.2, 0.25) is 5.88 Å². The van der Waals surface area contributed by atoms with E-state index >= 15 is 0 Å². The minimum absolute atomic E-state index is 0. The number of hydrogen-bond acceptors (Lipinski definition) is 4. The van der Waals surface area contributed by atoms with Crippen molar-refractivity contribution in [2.75, 3.05) is 13.2 Å². The topological polar surface area (TPSA) is 71.9 Å². The number of nitriles is 1. The molecule has 1 aromatic heterocycles. The molecule has 0 radical (unpaired) electrons. The van der Waals surface area contributed by atoms with Crippen LogP contribution in [0.2, 0.25) is 0 Å². The van der Waals surface area contributed by atoms with Gasteiger partial charge >= 0.3 is 0 Å². The number of pyridine rings is 1. The number of nitrogens with two attached hydrogens (primary N) is 1. The van der Waals surface area contributed by atoms with E-state index in [-0.39, 0.29) is 12.4 Å². The van der Waals surface area contributed by atoms with E-state index in [9.17, 15) is 0 Å². The molecule has 0 aliphatic rings. The van der Waals surface area contributed by atoms with Crippen molar-refractivity contribution in [3.63, 3.8) is 0 Å². The van der Waals surface area contributed by atoms with Gasteiger partial charge in [0.1, 0.15) is 18.2 Å². The molecule has 0 aliphatic heterocycles. The monoisotopic (exact) mass is 199 g/mol. The Kier molecular flexibility index (Phi) is 5.60. The van der Waals surface area contributed by atoms with E-state index in [4.69, 9.17) is 15.7 Å². The zero-order chi connectivity index (χ0) is 8.81. The number of rotatable bonds is 3.